The summed E-state index contributed by atoms with van der Waals surface area (Å²) in [7, 11) is 0. The first-order valence-corrected chi connectivity index (χ1v) is 8.95. The van der Waals surface area contributed by atoms with E-state index in [1.807, 2.05) is 6.07 Å². The average molecular weight is 396 g/mol. The van der Waals surface area contributed by atoms with E-state index in [-0.39, 0.29) is 23.6 Å². The monoisotopic (exact) mass is 394 g/mol. The molecule has 0 saturated heterocycles. The van der Waals surface area contributed by atoms with Crippen LogP contribution < -0.4 is 5.32 Å². The van der Waals surface area contributed by atoms with Crippen molar-refractivity contribution >= 4 is 46.2 Å². The molecule has 0 spiro atoms. The first-order chi connectivity index (χ1) is 12.0. The Hall–Kier alpha value is -1.75. The minimum Gasteiger partial charge on any atom is -0.376 e. The van der Waals surface area contributed by atoms with Crippen LogP contribution in [0.25, 0.3) is 0 Å². The summed E-state index contributed by atoms with van der Waals surface area (Å²) in [5.41, 5.74) is 2.59. The fraction of sp³-hybridized carbons (Fsp3) is 0.222. The number of rotatable bonds is 2. The molecule has 0 aromatic heterocycles. The Labute approximate surface area is 159 Å². The molecule has 3 atom stereocenters. The molecule has 0 saturated carbocycles. The molecule has 0 fully saturated rings. The van der Waals surface area contributed by atoms with Gasteiger partial charge in [-0.15, -0.1) is 0 Å². The molecule has 7 heteroatoms. The third kappa shape index (κ3) is 2.69. The van der Waals surface area contributed by atoms with Crippen molar-refractivity contribution in [3.05, 3.63) is 78.8 Å². The Balaban J connectivity index is 1.86. The Morgan fingerprint density at radius 1 is 1.08 bits per heavy atom. The molecule has 4 nitrogen and oxygen atoms in total. The normalized spacial score (nSPS) is 23.7. The molecule has 128 valence electrons. The highest BCUT2D eigenvalue weighted by atomic mass is 35.5. The molecule has 1 heterocycles. The molecule has 2 aromatic rings. The van der Waals surface area contributed by atoms with Crippen molar-refractivity contribution in [1.29, 1.82) is 0 Å². The summed E-state index contributed by atoms with van der Waals surface area (Å²) < 4.78 is 0. The van der Waals surface area contributed by atoms with Crippen molar-refractivity contribution in [2.45, 2.75) is 18.4 Å². The maximum atomic E-state index is 11.2. The molecule has 2 aliphatic rings. The number of non-ortho nitro benzene ring substituents is 1. The van der Waals surface area contributed by atoms with E-state index in [1.165, 1.54) is 6.07 Å². The van der Waals surface area contributed by atoms with Crippen molar-refractivity contribution in [3.63, 3.8) is 0 Å². The van der Waals surface area contributed by atoms with Gasteiger partial charge in [-0.25, -0.2) is 0 Å². The van der Waals surface area contributed by atoms with Gasteiger partial charge in [-0.1, -0.05) is 53.0 Å². The van der Waals surface area contributed by atoms with Crippen molar-refractivity contribution < 1.29 is 4.92 Å². The van der Waals surface area contributed by atoms with Crippen molar-refractivity contribution in [2.75, 3.05) is 5.32 Å². The Kier molecular flexibility index (Phi) is 4.14. The zero-order chi connectivity index (χ0) is 17.7. The minimum absolute atomic E-state index is 0.0201. The molecule has 0 radical (unpaired) electrons. The van der Waals surface area contributed by atoms with E-state index in [2.05, 4.69) is 17.5 Å². The Morgan fingerprint density at radius 3 is 2.60 bits per heavy atom. The number of benzene rings is 2. The van der Waals surface area contributed by atoms with Crippen LogP contribution in [0.5, 0.6) is 0 Å². The van der Waals surface area contributed by atoms with Gasteiger partial charge in [-0.3, -0.25) is 10.1 Å². The lowest BCUT2D eigenvalue weighted by Gasteiger charge is -2.38. The SMILES string of the molecule is O=[N+]([O-])c1ccc(Cl)c([C@@H]2Nc3c(ccc(Cl)c3Cl)[C@@H]3C=CC[C@@H]32)c1. The molecule has 1 aliphatic carbocycles. The number of halogens is 3. The van der Waals surface area contributed by atoms with Crippen molar-refractivity contribution in [3.8, 4) is 0 Å². The first kappa shape index (κ1) is 16.7. The lowest BCUT2D eigenvalue weighted by Crippen LogP contribution is -2.29. The second kappa shape index (κ2) is 6.20. The second-order valence-electron chi connectivity index (χ2n) is 6.26. The number of allylic oxidation sites excluding steroid dienone is 2. The third-order valence-electron chi connectivity index (χ3n) is 4.95. The van der Waals surface area contributed by atoms with E-state index in [0.29, 0.717) is 20.6 Å². The van der Waals surface area contributed by atoms with Gasteiger partial charge in [-0.2, -0.15) is 0 Å². The Bertz CT molecular complexity index is 913. The lowest BCUT2D eigenvalue weighted by atomic mass is 9.77. The highest BCUT2D eigenvalue weighted by Crippen LogP contribution is 2.53. The van der Waals surface area contributed by atoms with Crippen LogP contribution in [0.2, 0.25) is 15.1 Å². The van der Waals surface area contributed by atoms with E-state index >= 15 is 0 Å². The molecular weight excluding hydrogens is 383 g/mol. The van der Waals surface area contributed by atoms with E-state index in [9.17, 15) is 10.1 Å². The van der Waals surface area contributed by atoms with Gasteiger partial charge >= 0.3 is 0 Å². The number of hydrogen-bond donors (Lipinski definition) is 1. The zero-order valence-electron chi connectivity index (χ0n) is 12.9. The minimum atomic E-state index is -0.412. The Morgan fingerprint density at radius 2 is 1.84 bits per heavy atom. The number of anilines is 1. The number of nitro benzene ring substituents is 1. The van der Waals surface area contributed by atoms with E-state index in [0.717, 1.165) is 17.7 Å². The van der Waals surface area contributed by atoms with Crippen LogP contribution in [0.3, 0.4) is 0 Å². The number of fused-ring (bicyclic) bond motifs is 3. The van der Waals surface area contributed by atoms with Crippen molar-refractivity contribution in [1.82, 2.24) is 0 Å². The number of nitrogens with one attached hydrogen (secondary N) is 1. The number of nitro groups is 1. The number of hydrogen-bond acceptors (Lipinski definition) is 3. The van der Waals surface area contributed by atoms with Crippen LogP contribution in [0, 0.1) is 16.0 Å². The zero-order valence-corrected chi connectivity index (χ0v) is 15.1. The van der Waals surface area contributed by atoms with Gasteiger partial charge in [0.1, 0.15) is 0 Å². The molecule has 1 N–H and O–H groups in total. The molecule has 0 unspecified atom stereocenters. The smallest absolute Gasteiger partial charge is 0.269 e. The first-order valence-electron chi connectivity index (χ1n) is 7.82. The molecule has 4 rings (SSSR count). The van der Waals surface area contributed by atoms with Gasteiger partial charge in [0.05, 0.1) is 26.7 Å². The largest absolute Gasteiger partial charge is 0.376 e. The van der Waals surface area contributed by atoms with Gasteiger partial charge in [0.2, 0.25) is 0 Å². The second-order valence-corrected chi connectivity index (χ2v) is 7.46. The summed E-state index contributed by atoms with van der Waals surface area (Å²) in [5.74, 6) is 0.385. The van der Waals surface area contributed by atoms with Crippen LogP contribution in [0.1, 0.15) is 29.5 Å². The molecular formula is C18H13Cl3N2O2. The highest BCUT2D eigenvalue weighted by Gasteiger charge is 2.40. The fourth-order valence-electron chi connectivity index (χ4n) is 3.79. The molecule has 2 aromatic carbocycles. The van der Waals surface area contributed by atoms with E-state index in [4.69, 9.17) is 34.8 Å². The predicted octanol–water partition coefficient (Wildman–Crippen LogP) is 6.38. The molecule has 1 aliphatic heterocycles. The van der Waals surface area contributed by atoms with Crippen LogP contribution in [-0.4, -0.2) is 4.92 Å². The molecule has 25 heavy (non-hydrogen) atoms. The van der Waals surface area contributed by atoms with Gasteiger partial charge in [0.15, 0.2) is 0 Å². The third-order valence-corrected chi connectivity index (χ3v) is 6.10. The lowest BCUT2D eigenvalue weighted by molar-refractivity contribution is -0.384. The van der Waals surface area contributed by atoms with Gasteiger partial charge in [0.25, 0.3) is 5.69 Å². The number of nitrogens with zero attached hydrogens (tertiary/aromatic N) is 1. The van der Waals surface area contributed by atoms with Crippen LogP contribution in [0.15, 0.2) is 42.5 Å². The van der Waals surface area contributed by atoms with Gasteiger partial charge in [0, 0.05) is 28.6 Å². The maximum absolute atomic E-state index is 11.2. The predicted molar refractivity (Wildman–Crippen MR) is 101 cm³/mol. The summed E-state index contributed by atoms with van der Waals surface area (Å²) in [5, 5.41) is 16.0. The summed E-state index contributed by atoms with van der Waals surface area (Å²) in [4.78, 5) is 10.8. The van der Waals surface area contributed by atoms with Crippen LogP contribution in [-0.2, 0) is 0 Å². The molecule has 0 bridgehead atoms. The van der Waals surface area contributed by atoms with Crippen molar-refractivity contribution in [2.24, 2.45) is 5.92 Å². The maximum Gasteiger partial charge on any atom is 0.269 e. The highest BCUT2D eigenvalue weighted by molar-refractivity contribution is 6.43. The quantitative estimate of drug-likeness (QED) is 0.364. The summed E-state index contributed by atoms with van der Waals surface area (Å²) in [6.07, 6.45) is 5.15. The summed E-state index contributed by atoms with van der Waals surface area (Å²) in [6.45, 7) is 0. The summed E-state index contributed by atoms with van der Waals surface area (Å²) in [6, 6.07) is 8.12. The van der Waals surface area contributed by atoms with Crippen LogP contribution >= 0.6 is 34.8 Å². The van der Waals surface area contributed by atoms with Gasteiger partial charge in [-0.05, 0) is 30.0 Å². The standard InChI is InChI=1S/C18H13Cl3N2O2/c19-14-6-4-9(23(24)25)8-13(14)17-11-3-1-2-10(11)12-5-7-15(20)16(21)18(12)22-17/h1-2,4-8,10-11,17,22H,3H2/t10-,11+,17-/m1/s1. The van der Waals surface area contributed by atoms with Crippen LogP contribution in [0.4, 0.5) is 11.4 Å². The van der Waals surface area contributed by atoms with Gasteiger partial charge < -0.3 is 5.32 Å². The summed E-state index contributed by atoms with van der Waals surface area (Å²) >= 11 is 19.0. The van der Waals surface area contributed by atoms with E-state index in [1.54, 1.807) is 18.2 Å². The average Bonchev–Trinajstić information content (AvgIpc) is 3.07. The topological polar surface area (TPSA) is 55.2 Å². The molecule has 0 amide bonds. The fourth-order valence-corrected chi connectivity index (χ4v) is 4.41. The van der Waals surface area contributed by atoms with E-state index < -0.39 is 4.92 Å².